The van der Waals surface area contributed by atoms with E-state index in [0.717, 1.165) is 36.8 Å². The number of halogens is 3. The second kappa shape index (κ2) is 5.56. The fraction of sp³-hybridized carbons (Fsp3) is 0.333. The van der Waals surface area contributed by atoms with Gasteiger partial charge in [-0.05, 0) is 18.6 Å². The first-order valence-electron chi connectivity index (χ1n) is 5.76. The van der Waals surface area contributed by atoms with Crippen LogP contribution in [0.5, 0.6) is 0 Å². The Bertz CT molecular complexity index is 534. The second-order valence-corrected chi connectivity index (χ2v) is 4.49. The molecule has 2 aromatic rings. The number of anilines is 1. The summed E-state index contributed by atoms with van der Waals surface area (Å²) in [4.78, 5) is 0. The third-order valence-electron chi connectivity index (χ3n) is 2.52. The van der Waals surface area contributed by atoms with Gasteiger partial charge in [0.1, 0.15) is 5.69 Å². The van der Waals surface area contributed by atoms with Gasteiger partial charge >= 0.3 is 6.18 Å². The lowest BCUT2D eigenvalue weighted by molar-refractivity contribution is -0.137. The molecule has 19 heavy (non-hydrogen) atoms. The Morgan fingerprint density at radius 1 is 1.16 bits per heavy atom. The number of benzene rings is 1. The molecule has 3 nitrogen and oxygen atoms in total. The largest absolute Gasteiger partial charge is 0.416 e. The van der Waals surface area contributed by atoms with Crippen molar-refractivity contribution >= 4 is 17.5 Å². The lowest BCUT2D eigenvalue weighted by Crippen LogP contribution is -2.04. The summed E-state index contributed by atoms with van der Waals surface area (Å²) in [5.41, 5.74) is 0.551. The minimum atomic E-state index is -4.32. The lowest BCUT2D eigenvalue weighted by Gasteiger charge is -2.07. The minimum Gasteiger partial charge on any atom is -0.367 e. The summed E-state index contributed by atoms with van der Waals surface area (Å²) >= 11 is 1.04. The molecule has 0 aliphatic heterocycles. The average molecular weight is 287 g/mol. The highest BCUT2D eigenvalue weighted by Crippen LogP contribution is 2.32. The van der Waals surface area contributed by atoms with Gasteiger partial charge in [-0.2, -0.15) is 21.9 Å². The number of aromatic nitrogens is 2. The molecule has 0 unspecified atom stereocenters. The lowest BCUT2D eigenvalue weighted by atomic mass is 10.1. The molecule has 0 saturated heterocycles. The number of rotatable bonds is 4. The van der Waals surface area contributed by atoms with Crippen LogP contribution < -0.4 is 5.32 Å². The van der Waals surface area contributed by atoms with Crippen LogP contribution in [-0.4, -0.2) is 15.3 Å². The van der Waals surface area contributed by atoms with Crippen LogP contribution in [0.4, 0.5) is 19.0 Å². The van der Waals surface area contributed by atoms with Crippen LogP contribution >= 0.6 is 11.7 Å². The van der Waals surface area contributed by atoms with Crippen molar-refractivity contribution in [3.63, 3.8) is 0 Å². The number of alkyl halides is 3. The average Bonchev–Trinajstić information content (AvgIpc) is 2.83. The van der Waals surface area contributed by atoms with E-state index >= 15 is 0 Å². The predicted octanol–water partition coefficient (Wildman–Crippen LogP) is 4.05. The van der Waals surface area contributed by atoms with Crippen LogP contribution in [0.1, 0.15) is 18.9 Å². The van der Waals surface area contributed by atoms with E-state index in [2.05, 4.69) is 14.1 Å². The molecular weight excluding hydrogens is 275 g/mol. The molecule has 7 heteroatoms. The Balaban J connectivity index is 2.25. The molecule has 0 saturated carbocycles. The van der Waals surface area contributed by atoms with E-state index in [-0.39, 0.29) is 0 Å². The standard InChI is InChI=1S/C12H12F3N3S/c1-2-7-16-11-10(17-19-18-11)8-3-5-9(6-4-8)12(13,14)15/h3-6H,2,7H2,1H3,(H,16,18). The van der Waals surface area contributed by atoms with Crippen molar-refractivity contribution < 1.29 is 13.2 Å². The van der Waals surface area contributed by atoms with Gasteiger partial charge in [0.15, 0.2) is 5.82 Å². The fourth-order valence-corrected chi connectivity index (χ4v) is 2.10. The number of hydrogen-bond acceptors (Lipinski definition) is 4. The summed E-state index contributed by atoms with van der Waals surface area (Å²) in [6, 6.07) is 4.93. The highest BCUT2D eigenvalue weighted by Gasteiger charge is 2.30. The minimum absolute atomic E-state index is 0.590. The third kappa shape index (κ3) is 3.23. The predicted molar refractivity (Wildman–Crippen MR) is 69.1 cm³/mol. The quantitative estimate of drug-likeness (QED) is 0.922. The monoisotopic (exact) mass is 287 g/mol. The number of nitrogens with one attached hydrogen (secondary N) is 1. The van der Waals surface area contributed by atoms with E-state index < -0.39 is 11.7 Å². The number of hydrogen-bond donors (Lipinski definition) is 1. The zero-order valence-corrected chi connectivity index (χ0v) is 11.0. The molecule has 0 amide bonds. The third-order valence-corrected chi connectivity index (χ3v) is 3.05. The molecule has 0 radical (unpaired) electrons. The van der Waals surface area contributed by atoms with Gasteiger partial charge in [-0.15, -0.1) is 0 Å². The van der Waals surface area contributed by atoms with Crippen molar-refractivity contribution in [1.29, 1.82) is 0 Å². The molecule has 0 atom stereocenters. The summed E-state index contributed by atoms with van der Waals surface area (Å²) in [6.45, 7) is 2.77. The number of nitrogens with zero attached hydrogens (tertiary/aromatic N) is 2. The summed E-state index contributed by atoms with van der Waals surface area (Å²) < 4.78 is 45.6. The molecule has 102 valence electrons. The second-order valence-electron chi connectivity index (χ2n) is 3.96. The first-order chi connectivity index (χ1) is 9.02. The van der Waals surface area contributed by atoms with Crippen molar-refractivity contribution in [2.24, 2.45) is 0 Å². The van der Waals surface area contributed by atoms with Crippen molar-refractivity contribution in [3.05, 3.63) is 29.8 Å². The van der Waals surface area contributed by atoms with Crippen molar-refractivity contribution in [3.8, 4) is 11.3 Å². The van der Waals surface area contributed by atoms with Gasteiger partial charge in [-0.3, -0.25) is 0 Å². The van der Waals surface area contributed by atoms with Crippen LogP contribution in [0.25, 0.3) is 11.3 Å². The molecule has 1 heterocycles. The Morgan fingerprint density at radius 2 is 1.84 bits per heavy atom. The van der Waals surface area contributed by atoms with Gasteiger partial charge < -0.3 is 5.32 Å². The van der Waals surface area contributed by atoms with E-state index in [1.165, 1.54) is 12.1 Å². The van der Waals surface area contributed by atoms with E-state index in [9.17, 15) is 13.2 Å². The Morgan fingerprint density at radius 3 is 2.42 bits per heavy atom. The summed E-state index contributed by atoms with van der Waals surface area (Å²) in [5.74, 6) is 0.617. The molecule has 1 N–H and O–H groups in total. The molecule has 0 aliphatic carbocycles. The van der Waals surface area contributed by atoms with Crippen molar-refractivity contribution in [1.82, 2.24) is 8.75 Å². The maximum absolute atomic E-state index is 12.5. The molecular formula is C12H12F3N3S. The molecule has 2 rings (SSSR count). The first kappa shape index (κ1) is 13.8. The SMILES string of the molecule is CCCNc1nsnc1-c1ccc(C(F)(F)F)cc1. The highest BCUT2D eigenvalue weighted by molar-refractivity contribution is 6.99. The van der Waals surface area contributed by atoms with Gasteiger partial charge in [0.25, 0.3) is 0 Å². The maximum Gasteiger partial charge on any atom is 0.416 e. The Labute approximate surface area is 112 Å². The highest BCUT2D eigenvalue weighted by atomic mass is 32.1. The van der Waals surface area contributed by atoms with E-state index in [4.69, 9.17) is 0 Å². The molecule has 1 aromatic carbocycles. The van der Waals surface area contributed by atoms with Crippen LogP contribution in [0.3, 0.4) is 0 Å². The molecule has 0 spiro atoms. The van der Waals surface area contributed by atoms with Crippen molar-refractivity contribution in [2.45, 2.75) is 19.5 Å². The zero-order chi connectivity index (χ0) is 13.9. The normalized spacial score (nSPS) is 11.6. The summed E-state index contributed by atoms with van der Waals surface area (Å²) in [6.07, 6.45) is -3.38. The van der Waals surface area contributed by atoms with E-state index in [1.54, 1.807) is 0 Å². The smallest absolute Gasteiger partial charge is 0.367 e. The molecule has 1 aromatic heterocycles. The Hall–Kier alpha value is -1.63. The van der Waals surface area contributed by atoms with Crippen LogP contribution in [-0.2, 0) is 6.18 Å². The first-order valence-corrected chi connectivity index (χ1v) is 6.49. The van der Waals surface area contributed by atoms with Crippen LogP contribution in [0, 0.1) is 0 Å². The van der Waals surface area contributed by atoms with Gasteiger partial charge in [0.2, 0.25) is 0 Å². The van der Waals surface area contributed by atoms with E-state index in [0.29, 0.717) is 17.1 Å². The maximum atomic E-state index is 12.5. The summed E-state index contributed by atoms with van der Waals surface area (Å²) in [5, 5.41) is 3.10. The van der Waals surface area contributed by atoms with Crippen molar-refractivity contribution in [2.75, 3.05) is 11.9 Å². The van der Waals surface area contributed by atoms with Crippen LogP contribution in [0.15, 0.2) is 24.3 Å². The summed E-state index contributed by atoms with van der Waals surface area (Å²) in [7, 11) is 0. The molecule has 0 fully saturated rings. The zero-order valence-electron chi connectivity index (χ0n) is 10.2. The molecule has 0 aliphatic rings. The van der Waals surface area contributed by atoms with E-state index in [1.807, 2.05) is 6.92 Å². The Kier molecular flexibility index (Phi) is 4.04. The van der Waals surface area contributed by atoms with Gasteiger partial charge in [-0.25, -0.2) is 0 Å². The molecule has 0 bridgehead atoms. The van der Waals surface area contributed by atoms with Gasteiger partial charge in [0.05, 0.1) is 17.3 Å². The van der Waals surface area contributed by atoms with Gasteiger partial charge in [0, 0.05) is 12.1 Å². The topological polar surface area (TPSA) is 37.8 Å². The van der Waals surface area contributed by atoms with Gasteiger partial charge in [-0.1, -0.05) is 19.1 Å². The fourth-order valence-electron chi connectivity index (χ4n) is 1.55. The van der Waals surface area contributed by atoms with Crippen LogP contribution in [0.2, 0.25) is 0 Å².